The minimum Gasteiger partial charge on any atom is -0.481 e. The highest BCUT2D eigenvalue weighted by Crippen LogP contribution is 2.39. The molecule has 1 aliphatic rings. The van der Waals surface area contributed by atoms with Crippen molar-refractivity contribution in [1.29, 1.82) is 0 Å². The van der Waals surface area contributed by atoms with E-state index < -0.39 is 17.4 Å². The molecule has 0 radical (unpaired) electrons. The predicted molar refractivity (Wildman–Crippen MR) is 71.8 cm³/mol. The van der Waals surface area contributed by atoms with Crippen LogP contribution in [0.1, 0.15) is 11.6 Å². The molecule has 1 fully saturated rings. The first-order valence-corrected chi connectivity index (χ1v) is 6.19. The summed E-state index contributed by atoms with van der Waals surface area (Å²) in [6.07, 6.45) is 0. The standard InChI is InChI=1S/C15H15NO3/c16-13(15(14(17)18)8-19-9-15)12-6-5-10-3-1-2-4-11(10)7-12/h1-7,13H,8-9,16H2,(H,17,18). The molecule has 3 rings (SSSR count). The molecular weight excluding hydrogens is 242 g/mol. The van der Waals surface area contributed by atoms with Gasteiger partial charge in [-0.2, -0.15) is 0 Å². The van der Waals surface area contributed by atoms with Crippen LogP contribution in [-0.2, 0) is 9.53 Å². The Morgan fingerprint density at radius 1 is 1.21 bits per heavy atom. The Morgan fingerprint density at radius 2 is 1.89 bits per heavy atom. The molecule has 0 bridgehead atoms. The van der Waals surface area contributed by atoms with Crippen molar-refractivity contribution in [3.63, 3.8) is 0 Å². The molecule has 1 unspecified atom stereocenters. The van der Waals surface area contributed by atoms with Gasteiger partial charge >= 0.3 is 5.97 Å². The van der Waals surface area contributed by atoms with Crippen molar-refractivity contribution in [2.45, 2.75) is 6.04 Å². The van der Waals surface area contributed by atoms with Gasteiger partial charge in [-0.05, 0) is 22.4 Å². The van der Waals surface area contributed by atoms with Gasteiger partial charge in [-0.3, -0.25) is 4.79 Å². The van der Waals surface area contributed by atoms with Crippen LogP contribution in [0.15, 0.2) is 42.5 Å². The summed E-state index contributed by atoms with van der Waals surface area (Å²) in [5, 5.41) is 11.6. The van der Waals surface area contributed by atoms with Gasteiger partial charge in [-0.25, -0.2) is 0 Å². The van der Waals surface area contributed by atoms with Gasteiger partial charge in [0.1, 0.15) is 5.41 Å². The summed E-state index contributed by atoms with van der Waals surface area (Å²) in [7, 11) is 0. The zero-order valence-electron chi connectivity index (χ0n) is 10.4. The number of carboxylic acids is 1. The molecule has 4 heteroatoms. The van der Waals surface area contributed by atoms with E-state index in [0.29, 0.717) is 0 Å². The van der Waals surface area contributed by atoms with E-state index in [-0.39, 0.29) is 13.2 Å². The number of rotatable bonds is 3. The molecule has 1 aliphatic heterocycles. The van der Waals surface area contributed by atoms with E-state index in [2.05, 4.69) is 0 Å². The first-order valence-electron chi connectivity index (χ1n) is 6.19. The molecule has 1 heterocycles. The van der Waals surface area contributed by atoms with Gasteiger partial charge in [-0.1, -0.05) is 36.4 Å². The molecule has 0 aliphatic carbocycles. The highest BCUT2D eigenvalue weighted by molar-refractivity contribution is 5.84. The lowest BCUT2D eigenvalue weighted by atomic mass is 9.75. The number of carboxylic acid groups (broad SMARTS) is 1. The Balaban J connectivity index is 2.01. The highest BCUT2D eigenvalue weighted by atomic mass is 16.5. The summed E-state index contributed by atoms with van der Waals surface area (Å²) in [5.74, 6) is -0.889. The Kier molecular flexibility index (Phi) is 2.77. The number of fused-ring (bicyclic) bond motifs is 1. The molecular formula is C15H15NO3. The summed E-state index contributed by atoms with van der Waals surface area (Å²) < 4.78 is 5.07. The maximum Gasteiger partial charge on any atom is 0.316 e. The Labute approximate surface area is 110 Å². The van der Waals surface area contributed by atoms with Crippen molar-refractivity contribution in [2.24, 2.45) is 11.1 Å². The lowest BCUT2D eigenvalue weighted by Crippen LogP contribution is -2.55. The normalized spacial score (nSPS) is 18.8. The number of aliphatic carboxylic acids is 1. The molecule has 0 amide bonds. The van der Waals surface area contributed by atoms with Gasteiger partial charge in [0.05, 0.1) is 19.3 Å². The van der Waals surface area contributed by atoms with Crippen LogP contribution < -0.4 is 5.73 Å². The molecule has 4 nitrogen and oxygen atoms in total. The molecule has 98 valence electrons. The lowest BCUT2D eigenvalue weighted by molar-refractivity contribution is -0.184. The summed E-state index contributed by atoms with van der Waals surface area (Å²) >= 11 is 0. The summed E-state index contributed by atoms with van der Waals surface area (Å²) in [4.78, 5) is 11.4. The summed E-state index contributed by atoms with van der Waals surface area (Å²) in [5.41, 5.74) is 6.02. The first-order chi connectivity index (χ1) is 9.13. The Bertz CT molecular complexity index is 634. The average Bonchev–Trinajstić information content (AvgIpc) is 2.36. The summed E-state index contributed by atoms with van der Waals surface area (Å²) in [6, 6.07) is 13.2. The minimum absolute atomic E-state index is 0.177. The molecule has 3 N–H and O–H groups in total. The van der Waals surface area contributed by atoms with Crippen molar-refractivity contribution < 1.29 is 14.6 Å². The third-order valence-corrected chi connectivity index (χ3v) is 3.87. The molecule has 1 saturated heterocycles. The Hall–Kier alpha value is -1.91. The largest absolute Gasteiger partial charge is 0.481 e. The van der Waals surface area contributed by atoms with Crippen LogP contribution in [0.25, 0.3) is 10.8 Å². The van der Waals surface area contributed by atoms with E-state index in [1.165, 1.54) is 0 Å². The quantitative estimate of drug-likeness (QED) is 0.881. The molecule has 2 aromatic rings. The number of ether oxygens (including phenoxy) is 1. The van der Waals surface area contributed by atoms with Crippen molar-refractivity contribution >= 4 is 16.7 Å². The van der Waals surface area contributed by atoms with Gasteiger partial charge in [0.15, 0.2) is 0 Å². The number of hydrogen-bond donors (Lipinski definition) is 2. The SMILES string of the molecule is NC(c1ccc2ccccc2c1)C1(C(=O)O)COC1. The number of hydrogen-bond acceptors (Lipinski definition) is 3. The smallest absolute Gasteiger partial charge is 0.316 e. The van der Waals surface area contributed by atoms with Gasteiger partial charge < -0.3 is 15.6 Å². The fourth-order valence-electron chi connectivity index (χ4n) is 2.48. The van der Waals surface area contributed by atoms with E-state index in [1.807, 2.05) is 42.5 Å². The van der Waals surface area contributed by atoms with Gasteiger partial charge in [0.2, 0.25) is 0 Å². The maximum absolute atomic E-state index is 11.4. The maximum atomic E-state index is 11.4. The molecule has 2 aromatic carbocycles. The molecule has 0 aromatic heterocycles. The van der Waals surface area contributed by atoms with E-state index in [0.717, 1.165) is 16.3 Å². The molecule has 19 heavy (non-hydrogen) atoms. The van der Waals surface area contributed by atoms with Crippen LogP contribution in [0, 0.1) is 5.41 Å². The van der Waals surface area contributed by atoms with E-state index >= 15 is 0 Å². The zero-order valence-corrected chi connectivity index (χ0v) is 10.4. The van der Waals surface area contributed by atoms with Crippen molar-refractivity contribution in [1.82, 2.24) is 0 Å². The van der Waals surface area contributed by atoms with Gasteiger partial charge in [0, 0.05) is 0 Å². The average molecular weight is 257 g/mol. The molecule has 0 saturated carbocycles. The zero-order chi connectivity index (χ0) is 13.5. The molecule has 1 atom stereocenters. The highest BCUT2D eigenvalue weighted by Gasteiger charge is 2.51. The van der Waals surface area contributed by atoms with Crippen molar-refractivity contribution in [3.8, 4) is 0 Å². The molecule has 0 spiro atoms. The van der Waals surface area contributed by atoms with Crippen LogP contribution in [0.5, 0.6) is 0 Å². The van der Waals surface area contributed by atoms with Crippen molar-refractivity contribution in [3.05, 3.63) is 48.0 Å². The lowest BCUT2D eigenvalue weighted by Gasteiger charge is -2.42. The van der Waals surface area contributed by atoms with Crippen LogP contribution in [0.3, 0.4) is 0 Å². The van der Waals surface area contributed by atoms with E-state index in [1.54, 1.807) is 0 Å². The van der Waals surface area contributed by atoms with Crippen LogP contribution in [0.2, 0.25) is 0 Å². The fourth-order valence-corrected chi connectivity index (χ4v) is 2.48. The first kappa shape index (κ1) is 12.1. The van der Waals surface area contributed by atoms with Gasteiger partial charge in [-0.15, -0.1) is 0 Å². The number of carbonyl (C=O) groups is 1. The van der Waals surface area contributed by atoms with E-state index in [4.69, 9.17) is 10.5 Å². The van der Waals surface area contributed by atoms with Crippen LogP contribution in [0.4, 0.5) is 0 Å². The second-order valence-corrected chi connectivity index (χ2v) is 5.04. The topological polar surface area (TPSA) is 72.6 Å². The van der Waals surface area contributed by atoms with E-state index in [9.17, 15) is 9.90 Å². The number of benzene rings is 2. The third-order valence-electron chi connectivity index (χ3n) is 3.87. The minimum atomic E-state index is -0.984. The monoisotopic (exact) mass is 257 g/mol. The summed E-state index contributed by atoms with van der Waals surface area (Å²) in [6.45, 7) is 0.354. The fraction of sp³-hybridized carbons (Fsp3) is 0.267. The van der Waals surface area contributed by atoms with Gasteiger partial charge in [0.25, 0.3) is 0 Å². The van der Waals surface area contributed by atoms with Crippen molar-refractivity contribution in [2.75, 3.05) is 13.2 Å². The van der Waals surface area contributed by atoms with Crippen LogP contribution >= 0.6 is 0 Å². The Morgan fingerprint density at radius 3 is 2.47 bits per heavy atom. The number of nitrogens with two attached hydrogens (primary N) is 1. The second kappa shape index (κ2) is 4.33. The second-order valence-electron chi connectivity index (χ2n) is 5.04. The van der Waals surface area contributed by atoms with Crippen LogP contribution in [-0.4, -0.2) is 24.3 Å². The third kappa shape index (κ3) is 1.80. The predicted octanol–water partition coefficient (Wildman–Crippen LogP) is 1.94.